The number of carbonyl (C=O) groups excluding carboxylic acids is 3. The number of hydrogen-bond acceptors (Lipinski definition) is 3. The Hall–Kier alpha value is -1.65. The first kappa shape index (κ1) is 18.2. The van der Waals surface area contributed by atoms with E-state index in [4.69, 9.17) is 0 Å². The molecule has 5 heteroatoms. The lowest BCUT2D eigenvalue weighted by atomic mass is 9.63. The van der Waals surface area contributed by atoms with Crippen molar-refractivity contribution in [2.24, 2.45) is 23.7 Å². The molecule has 1 aliphatic heterocycles. The molecular formula is C20H30N2O3. The Labute approximate surface area is 150 Å². The highest BCUT2D eigenvalue weighted by Gasteiger charge is 2.58. The smallest absolute Gasteiger partial charge is 0.245 e. The van der Waals surface area contributed by atoms with Gasteiger partial charge in [0.15, 0.2) is 0 Å². The number of amides is 3. The fourth-order valence-electron chi connectivity index (χ4n) is 4.95. The molecule has 3 aliphatic carbocycles. The van der Waals surface area contributed by atoms with Gasteiger partial charge in [0.05, 0.1) is 11.8 Å². The molecule has 1 saturated heterocycles. The van der Waals surface area contributed by atoms with Crippen molar-refractivity contribution >= 4 is 17.7 Å². The van der Waals surface area contributed by atoms with Gasteiger partial charge in [-0.3, -0.25) is 19.3 Å². The zero-order valence-corrected chi connectivity index (χ0v) is 15.6. The van der Waals surface area contributed by atoms with E-state index in [0.29, 0.717) is 19.5 Å². The Morgan fingerprint density at radius 2 is 1.52 bits per heavy atom. The first-order chi connectivity index (χ1) is 12.0. The van der Waals surface area contributed by atoms with Crippen LogP contribution in [-0.4, -0.2) is 46.7 Å². The lowest BCUT2D eigenvalue weighted by Gasteiger charge is -2.38. The summed E-state index contributed by atoms with van der Waals surface area (Å²) in [5, 5.41) is 0. The Kier molecular flexibility index (Phi) is 5.30. The van der Waals surface area contributed by atoms with Gasteiger partial charge in [0.25, 0.3) is 0 Å². The number of likely N-dealkylation sites (tertiary alicyclic amines) is 1. The SMILES string of the molecule is CCCN(CCC)C(=O)[C@H](CC)N1C(=O)[C@@H]2[C@@H](C1=O)[C@H]1C=C[C@H]2CC1. The summed E-state index contributed by atoms with van der Waals surface area (Å²) in [4.78, 5) is 42.4. The fourth-order valence-corrected chi connectivity index (χ4v) is 4.95. The van der Waals surface area contributed by atoms with E-state index in [-0.39, 0.29) is 41.4 Å². The maximum Gasteiger partial charge on any atom is 0.245 e. The van der Waals surface area contributed by atoms with Crippen LogP contribution in [0.3, 0.4) is 0 Å². The Morgan fingerprint density at radius 3 is 1.88 bits per heavy atom. The Morgan fingerprint density at radius 1 is 1.04 bits per heavy atom. The number of fused-ring (bicyclic) bond motifs is 1. The first-order valence-electron chi connectivity index (χ1n) is 9.89. The summed E-state index contributed by atoms with van der Waals surface area (Å²) in [6.45, 7) is 7.34. The molecule has 0 spiro atoms. The Balaban J connectivity index is 1.85. The second-order valence-electron chi connectivity index (χ2n) is 7.64. The molecule has 1 heterocycles. The molecule has 0 aromatic heterocycles. The zero-order chi connectivity index (χ0) is 18.1. The predicted octanol–water partition coefficient (Wildman–Crippen LogP) is 2.61. The monoisotopic (exact) mass is 346 g/mol. The van der Waals surface area contributed by atoms with Crippen molar-refractivity contribution in [1.29, 1.82) is 0 Å². The van der Waals surface area contributed by atoms with Crippen LogP contribution in [0.5, 0.6) is 0 Å². The lowest BCUT2D eigenvalue weighted by Crippen LogP contribution is -2.51. The van der Waals surface area contributed by atoms with E-state index in [9.17, 15) is 14.4 Å². The Bertz CT molecular complexity index is 547. The summed E-state index contributed by atoms with van der Waals surface area (Å²) < 4.78 is 0. The molecule has 138 valence electrons. The largest absolute Gasteiger partial charge is 0.341 e. The third-order valence-electron chi connectivity index (χ3n) is 6.08. The van der Waals surface area contributed by atoms with E-state index >= 15 is 0 Å². The van der Waals surface area contributed by atoms with Crippen molar-refractivity contribution in [3.8, 4) is 0 Å². The topological polar surface area (TPSA) is 57.7 Å². The van der Waals surface area contributed by atoms with Crippen molar-refractivity contribution in [3.05, 3.63) is 12.2 Å². The maximum atomic E-state index is 13.1. The molecule has 0 unspecified atom stereocenters. The standard InChI is InChI=1S/C20H30N2O3/c1-4-11-21(12-5-2)18(23)15(6-3)22-19(24)16-13-7-8-14(10-9-13)17(16)20(22)25/h7-8,13-17H,4-6,9-12H2,1-3H3/t13-,14-,15-,16-,17-/m0/s1. The van der Waals surface area contributed by atoms with Gasteiger partial charge in [-0.2, -0.15) is 0 Å². The van der Waals surface area contributed by atoms with E-state index in [1.54, 1.807) is 0 Å². The van der Waals surface area contributed by atoms with Crippen LogP contribution in [-0.2, 0) is 14.4 Å². The molecule has 0 aromatic carbocycles. The number of hydrogen-bond donors (Lipinski definition) is 0. The lowest BCUT2D eigenvalue weighted by molar-refractivity contribution is -0.152. The van der Waals surface area contributed by atoms with Gasteiger partial charge in [0.1, 0.15) is 6.04 Å². The first-order valence-corrected chi connectivity index (χ1v) is 9.89. The molecule has 4 aliphatic rings. The van der Waals surface area contributed by atoms with E-state index in [1.165, 1.54) is 4.90 Å². The van der Waals surface area contributed by atoms with Gasteiger partial charge < -0.3 is 4.90 Å². The molecule has 0 radical (unpaired) electrons. The molecular weight excluding hydrogens is 316 g/mol. The van der Waals surface area contributed by atoms with Crippen LogP contribution in [0.2, 0.25) is 0 Å². The van der Waals surface area contributed by atoms with Gasteiger partial charge in [-0.25, -0.2) is 0 Å². The minimum absolute atomic E-state index is 0.0631. The summed E-state index contributed by atoms with van der Waals surface area (Å²) in [5.41, 5.74) is 0. The number of nitrogens with zero attached hydrogens (tertiary/aromatic N) is 2. The number of allylic oxidation sites excluding steroid dienone is 2. The van der Waals surface area contributed by atoms with Crippen LogP contribution in [0.1, 0.15) is 52.9 Å². The van der Waals surface area contributed by atoms with Crippen molar-refractivity contribution < 1.29 is 14.4 Å². The molecule has 2 fully saturated rings. The summed E-state index contributed by atoms with van der Waals surface area (Å²) >= 11 is 0. The van der Waals surface area contributed by atoms with E-state index in [0.717, 1.165) is 25.7 Å². The minimum Gasteiger partial charge on any atom is -0.341 e. The number of rotatable bonds is 7. The third-order valence-corrected chi connectivity index (χ3v) is 6.08. The summed E-state index contributed by atoms with van der Waals surface area (Å²) in [6, 6.07) is -0.636. The van der Waals surface area contributed by atoms with Gasteiger partial charge in [-0.15, -0.1) is 0 Å². The van der Waals surface area contributed by atoms with Crippen LogP contribution < -0.4 is 0 Å². The van der Waals surface area contributed by atoms with Crippen LogP contribution in [0, 0.1) is 23.7 Å². The maximum absolute atomic E-state index is 13.1. The average molecular weight is 346 g/mol. The van der Waals surface area contributed by atoms with Gasteiger partial charge in [-0.05, 0) is 43.9 Å². The second kappa shape index (κ2) is 7.30. The second-order valence-corrected chi connectivity index (χ2v) is 7.64. The number of carbonyl (C=O) groups is 3. The molecule has 0 N–H and O–H groups in total. The quantitative estimate of drug-likeness (QED) is 0.526. The predicted molar refractivity (Wildman–Crippen MR) is 95.4 cm³/mol. The highest BCUT2D eigenvalue weighted by molar-refractivity contribution is 6.09. The number of imide groups is 1. The fraction of sp³-hybridized carbons (Fsp3) is 0.750. The average Bonchev–Trinajstić information content (AvgIpc) is 2.90. The highest BCUT2D eigenvalue weighted by Crippen LogP contribution is 2.50. The summed E-state index contributed by atoms with van der Waals surface area (Å²) in [6.07, 6.45) is 8.45. The molecule has 25 heavy (non-hydrogen) atoms. The minimum atomic E-state index is -0.636. The highest BCUT2D eigenvalue weighted by atomic mass is 16.2. The normalized spacial score (nSPS) is 31.4. The van der Waals surface area contributed by atoms with Gasteiger partial charge in [0.2, 0.25) is 17.7 Å². The third kappa shape index (κ3) is 2.91. The van der Waals surface area contributed by atoms with Crippen molar-refractivity contribution in [1.82, 2.24) is 9.80 Å². The van der Waals surface area contributed by atoms with Crippen LogP contribution in [0.25, 0.3) is 0 Å². The summed E-state index contributed by atoms with van der Waals surface area (Å²) in [7, 11) is 0. The molecule has 3 amide bonds. The summed E-state index contributed by atoms with van der Waals surface area (Å²) in [5.74, 6) is -0.401. The van der Waals surface area contributed by atoms with Crippen molar-refractivity contribution in [3.63, 3.8) is 0 Å². The molecule has 5 nitrogen and oxygen atoms in total. The van der Waals surface area contributed by atoms with Gasteiger partial charge >= 0.3 is 0 Å². The van der Waals surface area contributed by atoms with Crippen LogP contribution >= 0.6 is 0 Å². The van der Waals surface area contributed by atoms with E-state index in [2.05, 4.69) is 12.2 Å². The molecule has 1 saturated carbocycles. The van der Waals surface area contributed by atoms with Gasteiger partial charge in [0, 0.05) is 13.1 Å². The van der Waals surface area contributed by atoms with Crippen molar-refractivity contribution in [2.45, 2.75) is 58.9 Å². The molecule has 4 rings (SSSR count). The van der Waals surface area contributed by atoms with Crippen LogP contribution in [0.15, 0.2) is 12.2 Å². The zero-order valence-electron chi connectivity index (χ0n) is 15.6. The molecule has 5 atom stereocenters. The van der Waals surface area contributed by atoms with Gasteiger partial charge in [-0.1, -0.05) is 32.9 Å². The van der Waals surface area contributed by atoms with E-state index < -0.39 is 6.04 Å². The van der Waals surface area contributed by atoms with E-state index in [1.807, 2.05) is 25.7 Å². The molecule has 0 aromatic rings. The van der Waals surface area contributed by atoms with Crippen molar-refractivity contribution in [2.75, 3.05) is 13.1 Å². The molecule has 2 bridgehead atoms. The van der Waals surface area contributed by atoms with Crippen LogP contribution in [0.4, 0.5) is 0 Å².